The standard InChI is InChI=1S/C32H31N3O4/c1-35(2)15-13-32(36,27-9-5-7-22-12-16-39-30(22)27)29(25-8-6-14-34-31(25)38-4)26-18-24-17-21(20-33)10-11-23(24)19-28(26)37-3/h5-12,14,16-19,29,36H,13,15H2,1-4H3/t29-,32-/m1/s1. The van der Waals surface area contributed by atoms with Crippen LogP contribution in [0.4, 0.5) is 0 Å². The smallest absolute Gasteiger partial charge is 0.216 e. The van der Waals surface area contributed by atoms with Gasteiger partial charge in [0.05, 0.1) is 38.0 Å². The van der Waals surface area contributed by atoms with Crippen molar-refractivity contribution < 1.29 is 19.0 Å². The number of hydrogen-bond donors (Lipinski definition) is 1. The van der Waals surface area contributed by atoms with Crippen molar-refractivity contribution in [1.82, 2.24) is 9.88 Å². The van der Waals surface area contributed by atoms with Gasteiger partial charge in [0.15, 0.2) is 0 Å². The highest BCUT2D eigenvalue weighted by Crippen LogP contribution is 2.51. The number of rotatable bonds is 9. The molecule has 0 saturated carbocycles. The first kappa shape index (κ1) is 26.2. The van der Waals surface area contributed by atoms with Crippen LogP contribution in [0, 0.1) is 11.3 Å². The molecule has 0 saturated heterocycles. The SMILES string of the molecule is COc1cc2ccc(C#N)cc2cc1[C@@H](c1cccnc1OC)[C@@](O)(CCN(C)C)c1cccc2ccoc12. The summed E-state index contributed by atoms with van der Waals surface area (Å²) in [6, 6.07) is 23.2. The van der Waals surface area contributed by atoms with E-state index in [1.54, 1.807) is 32.7 Å². The van der Waals surface area contributed by atoms with Gasteiger partial charge in [-0.25, -0.2) is 4.98 Å². The van der Waals surface area contributed by atoms with Crippen LogP contribution in [0.15, 0.2) is 83.6 Å². The zero-order chi connectivity index (χ0) is 27.6. The first-order valence-electron chi connectivity index (χ1n) is 12.7. The Labute approximate surface area is 227 Å². The average Bonchev–Trinajstić information content (AvgIpc) is 3.45. The molecule has 39 heavy (non-hydrogen) atoms. The van der Waals surface area contributed by atoms with Crippen molar-refractivity contribution in [2.75, 3.05) is 34.9 Å². The lowest BCUT2D eigenvalue weighted by molar-refractivity contribution is 0.00382. The fourth-order valence-corrected chi connectivity index (χ4v) is 5.40. The van der Waals surface area contributed by atoms with E-state index in [9.17, 15) is 10.4 Å². The molecule has 7 nitrogen and oxygen atoms in total. The normalized spacial score (nSPS) is 13.8. The molecule has 0 aliphatic rings. The third kappa shape index (κ3) is 4.81. The molecule has 0 bridgehead atoms. The quantitative estimate of drug-likeness (QED) is 0.260. The molecule has 2 atom stereocenters. The molecule has 0 spiro atoms. The van der Waals surface area contributed by atoms with Crippen molar-refractivity contribution in [3.05, 3.63) is 101 Å². The second-order valence-electron chi connectivity index (χ2n) is 9.92. The van der Waals surface area contributed by atoms with E-state index in [0.29, 0.717) is 46.9 Å². The molecule has 198 valence electrons. The van der Waals surface area contributed by atoms with Crippen LogP contribution in [-0.4, -0.2) is 49.9 Å². The van der Waals surface area contributed by atoms with Crippen LogP contribution in [0.3, 0.4) is 0 Å². The highest BCUT2D eigenvalue weighted by atomic mass is 16.5. The van der Waals surface area contributed by atoms with Gasteiger partial charge in [-0.05, 0) is 67.7 Å². The summed E-state index contributed by atoms with van der Waals surface area (Å²) in [5, 5.41) is 25.3. The lowest BCUT2D eigenvalue weighted by Gasteiger charge is -2.39. The summed E-state index contributed by atoms with van der Waals surface area (Å²) in [6.45, 7) is 0.598. The fraction of sp³-hybridized carbons (Fsp3) is 0.250. The molecule has 5 rings (SSSR count). The fourth-order valence-electron chi connectivity index (χ4n) is 5.40. The number of methoxy groups -OCH3 is 2. The predicted octanol–water partition coefficient (Wildman–Crippen LogP) is 5.84. The van der Waals surface area contributed by atoms with Gasteiger partial charge in [-0.15, -0.1) is 0 Å². The maximum absolute atomic E-state index is 13.0. The summed E-state index contributed by atoms with van der Waals surface area (Å²) in [4.78, 5) is 6.54. The summed E-state index contributed by atoms with van der Waals surface area (Å²) in [7, 11) is 7.16. The van der Waals surface area contributed by atoms with Crippen LogP contribution in [0.5, 0.6) is 11.6 Å². The van der Waals surface area contributed by atoms with Gasteiger partial charge in [0.1, 0.15) is 16.9 Å². The van der Waals surface area contributed by atoms with Crippen LogP contribution in [0.25, 0.3) is 21.7 Å². The summed E-state index contributed by atoms with van der Waals surface area (Å²) in [5.74, 6) is 0.352. The van der Waals surface area contributed by atoms with E-state index in [2.05, 4.69) is 11.1 Å². The summed E-state index contributed by atoms with van der Waals surface area (Å²) in [6.07, 6.45) is 3.69. The van der Waals surface area contributed by atoms with Crippen LogP contribution >= 0.6 is 0 Å². The molecule has 0 amide bonds. The van der Waals surface area contributed by atoms with E-state index in [0.717, 1.165) is 21.7 Å². The van der Waals surface area contributed by atoms with E-state index in [4.69, 9.17) is 13.9 Å². The highest BCUT2D eigenvalue weighted by Gasteiger charge is 2.45. The van der Waals surface area contributed by atoms with Gasteiger partial charge in [0, 0.05) is 34.8 Å². The van der Waals surface area contributed by atoms with Gasteiger partial charge >= 0.3 is 0 Å². The molecule has 2 aromatic heterocycles. The Balaban J connectivity index is 1.88. The van der Waals surface area contributed by atoms with Crippen LogP contribution in [0.1, 0.15) is 34.6 Å². The van der Waals surface area contributed by atoms with E-state index in [1.165, 1.54) is 0 Å². The van der Waals surface area contributed by atoms with Crippen molar-refractivity contribution in [1.29, 1.82) is 5.26 Å². The first-order valence-corrected chi connectivity index (χ1v) is 12.7. The topological polar surface area (TPSA) is 91.8 Å². The van der Waals surface area contributed by atoms with Gasteiger partial charge in [-0.3, -0.25) is 0 Å². The Kier molecular flexibility index (Phi) is 7.25. The third-order valence-electron chi connectivity index (χ3n) is 7.30. The van der Waals surface area contributed by atoms with Crippen LogP contribution < -0.4 is 9.47 Å². The number of benzene rings is 3. The first-order chi connectivity index (χ1) is 18.9. The van der Waals surface area contributed by atoms with Gasteiger partial charge < -0.3 is 23.9 Å². The maximum Gasteiger partial charge on any atom is 0.216 e. The molecule has 0 aliphatic carbocycles. The molecule has 1 N–H and O–H groups in total. The van der Waals surface area contributed by atoms with E-state index >= 15 is 0 Å². The minimum atomic E-state index is -1.47. The third-order valence-corrected chi connectivity index (χ3v) is 7.30. The van der Waals surface area contributed by atoms with E-state index < -0.39 is 11.5 Å². The van der Waals surface area contributed by atoms with Gasteiger partial charge in [0.2, 0.25) is 5.88 Å². The number of ether oxygens (including phenoxy) is 2. The number of aliphatic hydroxyl groups is 1. The number of furan rings is 1. The predicted molar refractivity (Wildman–Crippen MR) is 151 cm³/mol. The van der Waals surface area contributed by atoms with Gasteiger partial charge in [-0.1, -0.05) is 30.3 Å². The number of pyridine rings is 1. The number of aromatic nitrogens is 1. The molecule has 5 aromatic rings. The number of nitrogens with zero attached hydrogens (tertiary/aromatic N) is 3. The summed E-state index contributed by atoms with van der Waals surface area (Å²) in [5.41, 5.74) is 1.83. The highest BCUT2D eigenvalue weighted by molar-refractivity contribution is 5.87. The number of hydrogen-bond acceptors (Lipinski definition) is 7. The van der Waals surface area contributed by atoms with Crippen molar-refractivity contribution in [2.24, 2.45) is 0 Å². The lowest BCUT2D eigenvalue weighted by atomic mass is 9.71. The molecule has 3 aromatic carbocycles. The molecule has 0 unspecified atom stereocenters. The molecule has 0 radical (unpaired) electrons. The zero-order valence-corrected chi connectivity index (χ0v) is 22.5. The minimum absolute atomic E-state index is 0.377. The van der Waals surface area contributed by atoms with E-state index in [1.807, 2.05) is 79.7 Å². The Bertz CT molecular complexity index is 1670. The van der Waals surface area contributed by atoms with Crippen LogP contribution in [-0.2, 0) is 5.60 Å². The average molecular weight is 522 g/mol. The monoisotopic (exact) mass is 521 g/mol. The van der Waals surface area contributed by atoms with Gasteiger partial charge in [0.25, 0.3) is 0 Å². The number of fused-ring (bicyclic) bond motifs is 2. The second-order valence-corrected chi connectivity index (χ2v) is 9.92. The maximum atomic E-state index is 13.0. The molecular weight excluding hydrogens is 490 g/mol. The molecule has 0 aliphatic heterocycles. The lowest BCUT2D eigenvalue weighted by Crippen LogP contribution is -2.38. The Morgan fingerprint density at radius 3 is 2.56 bits per heavy atom. The van der Waals surface area contributed by atoms with Crippen molar-refractivity contribution in [3.8, 4) is 17.7 Å². The van der Waals surface area contributed by atoms with Crippen LogP contribution in [0.2, 0.25) is 0 Å². The van der Waals surface area contributed by atoms with Crippen molar-refractivity contribution in [3.63, 3.8) is 0 Å². The number of para-hydroxylation sites is 1. The minimum Gasteiger partial charge on any atom is -0.496 e. The van der Waals surface area contributed by atoms with Gasteiger partial charge in [-0.2, -0.15) is 5.26 Å². The van der Waals surface area contributed by atoms with Crippen molar-refractivity contribution >= 4 is 21.7 Å². The molecule has 0 fully saturated rings. The Hall–Kier alpha value is -4.38. The number of nitriles is 1. The molecule has 7 heteroatoms. The van der Waals surface area contributed by atoms with E-state index in [-0.39, 0.29) is 0 Å². The summed E-state index contributed by atoms with van der Waals surface area (Å²) >= 11 is 0. The second kappa shape index (κ2) is 10.8. The Morgan fingerprint density at radius 2 is 1.82 bits per heavy atom. The zero-order valence-electron chi connectivity index (χ0n) is 22.5. The van der Waals surface area contributed by atoms with Crippen molar-refractivity contribution in [2.45, 2.75) is 17.9 Å². The Morgan fingerprint density at radius 1 is 0.974 bits per heavy atom. The molecule has 2 heterocycles. The summed E-state index contributed by atoms with van der Waals surface area (Å²) < 4.78 is 17.6. The largest absolute Gasteiger partial charge is 0.496 e. The molecular formula is C32H31N3O4.